The highest BCUT2D eigenvalue weighted by Gasteiger charge is 2.31. The SMILES string of the molecule is COc1ccc(C2CN(Cc3ccccc3)CC2C)cc1OC1CCCC1. The zero-order chi connectivity index (χ0) is 18.6. The Morgan fingerprint density at radius 3 is 2.48 bits per heavy atom. The lowest BCUT2D eigenvalue weighted by Crippen LogP contribution is -2.20. The van der Waals surface area contributed by atoms with Gasteiger partial charge < -0.3 is 9.47 Å². The van der Waals surface area contributed by atoms with Crippen molar-refractivity contribution in [2.24, 2.45) is 5.92 Å². The van der Waals surface area contributed by atoms with Crippen LogP contribution in [0.4, 0.5) is 0 Å². The summed E-state index contributed by atoms with van der Waals surface area (Å²) < 4.78 is 11.9. The van der Waals surface area contributed by atoms with Crippen molar-refractivity contribution < 1.29 is 9.47 Å². The van der Waals surface area contributed by atoms with E-state index in [-0.39, 0.29) is 0 Å². The third kappa shape index (κ3) is 4.30. The van der Waals surface area contributed by atoms with E-state index in [2.05, 4.69) is 60.4 Å². The quantitative estimate of drug-likeness (QED) is 0.698. The summed E-state index contributed by atoms with van der Waals surface area (Å²) in [6.45, 7) is 5.65. The second kappa shape index (κ2) is 8.35. The van der Waals surface area contributed by atoms with Gasteiger partial charge in [-0.3, -0.25) is 4.90 Å². The first-order valence-corrected chi connectivity index (χ1v) is 10.3. The molecule has 1 saturated heterocycles. The first-order valence-electron chi connectivity index (χ1n) is 10.3. The number of hydrogen-bond acceptors (Lipinski definition) is 3. The van der Waals surface area contributed by atoms with Crippen LogP contribution in [0.5, 0.6) is 11.5 Å². The zero-order valence-electron chi connectivity index (χ0n) is 16.6. The number of likely N-dealkylation sites (tertiary alicyclic amines) is 1. The van der Waals surface area contributed by atoms with Crippen LogP contribution < -0.4 is 9.47 Å². The maximum absolute atomic E-state index is 6.32. The average Bonchev–Trinajstić information content (AvgIpc) is 3.32. The minimum absolute atomic E-state index is 0.352. The van der Waals surface area contributed by atoms with Gasteiger partial charge in [0.25, 0.3) is 0 Å². The smallest absolute Gasteiger partial charge is 0.161 e. The van der Waals surface area contributed by atoms with Crippen LogP contribution in [0.15, 0.2) is 48.5 Å². The van der Waals surface area contributed by atoms with Crippen LogP contribution in [-0.4, -0.2) is 31.2 Å². The molecule has 1 aliphatic carbocycles. The first-order chi connectivity index (χ1) is 13.2. The van der Waals surface area contributed by atoms with Gasteiger partial charge in [-0.2, -0.15) is 0 Å². The lowest BCUT2D eigenvalue weighted by molar-refractivity contribution is 0.200. The summed E-state index contributed by atoms with van der Waals surface area (Å²) in [5, 5.41) is 0. The van der Waals surface area contributed by atoms with Crippen molar-refractivity contribution in [2.45, 2.75) is 51.2 Å². The number of methoxy groups -OCH3 is 1. The first kappa shape index (κ1) is 18.4. The largest absolute Gasteiger partial charge is 0.493 e. The van der Waals surface area contributed by atoms with Crippen LogP contribution in [0.3, 0.4) is 0 Å². The lowest BCUT2D eigenvalue weighted by atomic mass is 9.90. The fraction of sp³-hybridized carbons (Fsp3) is 0.500. The van der Waals surface area contributed by atoms with Crippen LogP contribution in [0.1, 0.15) is 49.7 Å². The van der Waals surface area contributed by atoms with Crippen molar-refractivity contribution in [3.05, 3.63) is 59.7 Å². The molecule has 27 heavy (non-hydrogen) atoms. The highest BCUT2D eigenvalue weighted by Crippen LogP contribution is 2.39. The minimum atomic E-state index is 0.352. The van der Waals surface area contributed by atoms with Crippen molar-refractivity contribution in [1.29, 1.82) is 0 Å². The summed E-state index contributed by atoms with van der Waals surface area (Å²) in [6, 6.07) is 17.3. The summed E-state index contributed by atoms with van der Waals surface area (Å²) in [4.78, 5) is 2.58. The summed E-state index contributed by atoms with van der Waals surface area (Å²) in [6.07, 6.45) is 5.24. The molecule has 2 aromatic carbocycles. The minimum Gasteiger partial charge on any atom is -0.493 e. The van der Waals surface area contributed by atoms with Gasteiger partial charge in [0.05, 0.1) is 13.2 Å². The maximum atomic E-state index is 6.32. The normalized spacial score (nSPS) is 23.6. The van der Waals surface area contributed by atoms with Gasteiger partial charge in [0, 0.05) is 25.6 Å². The Morgan fingerprint density at radius 2 is 1.74 bits per heavy atom. The third-order valence-electron chi connectivity index (χ3n) is 6.15. The second-order valence-corrected chi connectivity index (χ2v) is 8.20. The molecule has 4 rings (SSSR count). The third-order valence-corrected chi connectivity index (χ3v) is 6.15. The molecule has 3 heteroatoms. The standard InChI is InChI=1S/C24H31NO2/c1-18-15-25(16-19-8-4-3-5-9-19)17-22(18)20-12-13-23(26-2)24(14-20)27-21-10-6-7-11-21/h3-5,8-9,12-14,18,21-22H,6-7,10-11,15-17H2,1-2H3. The molecule has 0 bridgehead atoms. The van der Waals surface area contributed by atoms with Crippen molar-refractivity contribution >= 4 is 0 Å². The fourth-order valence-corrected chi connectivity index (χ4v) is 4.67. The van der Waals surface area contributed by atoms with Gasteiger partial charge in [-0.25, -0.2) is 0 Å². The van der Waals surface area contributed by atoms with Gasteiger partial charge in [0.15, 0.2) is 11.5 Å². The van der Waals surface area contributed by atoms with Gasteiger partial charge in [-0.1, -0.05) is 43.3 Å². The molecule has 144 valence electrons. The van der Waals surface area contributed by atoms with Crippen LogP contribution in [0.2, 0.25) is 0 Å². The number of benzene rings is 2. The number of hydrogen-bond donors (Lipinski definition) is 0. The topological polar surface area (TPSA) is 21.7 Å². The highest BCUT2D eigenvalue weighted by molar-refractivity contribution is 5.44. The number of rotatable bonds is 6. The van der Waals surface area contributed by atoms with E-state index in [0.29, 0.717) is 17.9 Å². The van der Waals surface area contributed by atoms with Crippen LogP contribution in [0, 0.1) is 5.92 Å². The Hall–Kier alpha value is -2.00. The molecule has 0 N–H and O–H groups in total. The van der Waals surface area contributed by atoms with E-state index in [1.807, 2.05) is 0 Å². The van der Waals surface area contributed by atoms with Gasteiger partial charge in [0.1, 0.15) is 0 Å². The molecule has 2 fully saturated rings. The molecule has 1 saturated carbocycles. The van der Waals surface area contributed by atoms with Crippen LogP contribution in [-0.2, 0) is 6.54 Å². The van der Waals surface area contributed by atoms with E-state index < -0.39 is 0 Å². The monoisotopic (exact) mass is 365 g/mol. The fourth-order valence-electron chi connectivity index (χ4n) is 4.67. The van der Waals surface area contributed by atoms with Crippen molar-refractivity contribution in [1.82, 2.24) is 4.90 Å². The average molecular weight is 366 g/mol. The van der Waals surface area contributed by atoms with Crippen molar-refractivity contribution in [2.75, 3.05) is 20.2 Å². The summed E-state index contributed by atoms with van der Waals surface area (Å²) in [7, 11) is 1.73. The molecular weight excluding hydrogens is 334 g/mol. The van der Waals surface area contributed by atoms with Gasteiger partial charge >= 0.3 is 0 Å². The Labute approximate surface area is 163 Å². The molecule has 2 unspecified atom stereocenters. The van der Waals surface area contributed by atoms with Crippen molar-refractivity contribution in [3.8, 4) is 11.5 Å². The van der Waals surface area contributed by atoms with Gasteiger partial charge in [0.2, 0.25) is 0 Å². The maximum Gasteiger partial charge on any atom is 0.161 e. The molecule has 0 spiro atoms. The lowest BCUT2D eigenvalue weighted by Gasteiger charge is -2.20. The second-order valence-electron chi connectivity index (χ2n) is 8.20. The number of nitrogens with zero attached hydrogens (tertiary/aromatic N) is 1. The van der Waals surface area contributed by atoms with E-state index in [1.54, 1.807) is 7.11 Å². The van der Waals surface area contributed by atoms with Crippen molar-refractivity contribution in [3.63, 3.8) is 0 Å². The number of ether oxygens (including phenoxy) is 2. The molecule has 1 aliphatic heterocycles. The van der Waals surface area contributed by atoms with E-state index in [1.165, 1.54) is 24.0 Å². The Morgan fingerprint density at radius 1 is 0.963 bits per heavy atom. The summed E-state index contributed by atoms with van der Waals surface area (Å²) >= 11 is 0. The van der Waals surface area contributed by atoms with E-state index in [9.17, 15) is 0 Å². The Bertz CT molecular complexity index is 739. The molecule has 0 amide bonds. The predicted molar refractivity (Wildman–Crippen MR) is 110 cm³/mol. The zero-order valence-corrected chi connectivity index (χ0v) is 16.6. The molecule has 3 nitrogen and oxygen atoms in total. The molecule has 2 aromatic rings. The predicted octanol–water partition coefficient (Wildman–Crippen LogP) is 5.25. The molecule has 1 heterocycles. The molecule has 2 aliphatic rings. The van der Waals surface area contributed by atoms with E-state index >= 15 is 0 Å². The molecular formula is C24H31NO2. The summed E-state index contributed by atoms with van der Waals surface area (Å²) in [5.74, 6) is 2.97. The van der Waals surface area contributed by atoms with Gasteiger partial charge in [-0.05, 0) is 54.9 Å². The summed E-state index contributed by atoms with van der Waals surface area (Å²) in [5.41, 5.74) is 2.78. The van der Waals surface area contributed by atoms with Gasteiger partial charge in [-0.15, -0.1) is 0 Å². The molecule has 0 radical (unpaired) electrons. The van der Waals surface area contributed by atoms with Crippen LogP contribution >= 0.6 is 0 Å². The molecule has 0 aromatic heterocycles. The molecule has 2 atom stereocenters. The highest BCUT2D eigenvalue weighted by atomic mass is 16.5. The Kier molecular flexibility index (Phi) is 5.68. The van der Waals surface area contributed by atoms with Crippen LogP contribution in [0.25, 0.3) is 0 Å². The van der Waals surface area contributed by atoms with E-state index in [4.69, 9.17) is 9.47 Å². The van der Waals surface area contributed by atoms with E-state index in [0.717, 1.165) is 44.0 Å². The Balaban J connectivity index is 1.48.